The van der Waals surface area contributed by atoms with Crippen molar-refractivity contribution in [3.05, 3.63) is 0 Å². The summed E-state index contributed by atoms with van der Waals surface area (Å²) >= 11 is 0. The highest BCUT2D eigenvalue weighted by atomic mass is 32.2. The van der Waals surface area contributed by atoms with Gasteiger partial charge in [0.25, 0.3) is 10.2 Å². The van der Waals surface area contributed by atoms with Crippen molar-refractivity contribution in [1.82, 2.24) is 14.3 Å². The summed E-state index contributed by atoms with van der Waals surface area (Å²) in [6.07, 6.45) is -1.54. The molecular weight excluding hydrogens is 307 g/mol. The minimum absolute atomic E-state index is 0.00558. The molecule has 2 aliphatic heterocycles. The molecule has 0 saturated carbocycles. The van der Waals surface area contributed by atoms with Gasteiger partial charge in [-0.15, -0.1) is 0 Å². The van der Waals surface area contributed by atoms with Crippen molar-refractivity contribution in [2.75, 3.05) is 13.1 Å². The fraction of sp³-hybridized carbons (Fsp3) is 1.00. The number of halogens is 3. The summed E-state index contributed by atoms with van der Waals surface area (Å²) in [4.78, 5) is 0. The van der Waals surface area contributed by atoms with E-state index in [4.69, 9.17) is 0 Å². The lowest BCUT2D eigenvalue weighted by Gasteiger charge is -2.36. The molecule has 2 rings (SSSR count). The average Bonchev–Trinajstić information content (AvgIpc) is 2.38. The zero-order chi connectivity index (χ0) is 15.7. The number of rotatable bonds is 3. The zero-order valence-corrected chi connectivity index (χ0v) is 12.8. The highest BCUT2D eigenvalue weighted by molar-refractivity contribution is 7.87. The molecule has 0 radical (unpaired) electrons. The Morgan fingerprint density at radius 2 is 1.90 bits per heavy atom. The van der Waals surface area contributed by atoms with Crippen LogP contribution in [0, 0.1) is 0 Å². The molecular formula is C12H22F3N3O2S. The van der Waals surface area contributed by atoms with E-state index in [0.717, 1.165) is 19.3 Å². The first-order valence-electron chi connectivity index (χ1n) is 7.29. The second kappa shape index (κ2) is 6.39. The molecule has 124 valence electrons. The maximum absolute atomic E-state index is 12.5. The van der Waals surface area contributed by atoms with E-state index < -0.39 is 28.5 Å². The third-order valence-corrected chi connectivity index (χ3v) is 5.97. The van der Waals surface area contributed by atoms with Gasteiger partial charge >= 0.3 is 6.18 Å². The Morgan fingerprint density at radius 1 is 1.19 bits per heavy atom. The molecule has 0 spiro atoms. The normalized spacial score (nSPS) is 33.0. The topological polar surface area (TPSA) is 61.4 Å². The molecule has 2 fully saturated rings. The second-order valence-corrected chi connectivity index (χ2v) is 7.51. The zero-order valence-electron chi connectivity index (χ0n) is 12.0. The van der Waals surface area contributed by atoms with Crippen molar-refractivity contribution in [2.45, 2.75) is 63.3 Å². The molecule has 3 atom stereocenters. The molecule has 2 N–H and O–H groups in total. The van der Waals surface area contributed by atoms with Gasteiger partial charge in [-0.05, 0) is 32.6 Å². The van der Waals surface area contributed by atoms with E-state index >= 15 is 0 Å². The smallest absolute Gasteiger partial charge is 0.305 e. The Kier molecular flexibility index (Phi) is 5.17. The van der Waals surface area contributed by atoms with Crippen molar-refractivity contribution >= 4 is 10.2 Å². The Bertz CT molecular complexity index is 447. The molecule has 0 bridgehead atoms. The van der Waals surface area contributed by atoms with E-state index in [1.807, 2.05) is 6.92 Å². The molecule has 5 nitrogen and oxygen atoms in total. The number of piperidine rings is 2. The number of nitrogens with zero attached hydrogens (tertiary/aromatic N) is 1. The number of hydrogen-bond donors (Lipinski definition) is 2. The molecule has 0 aromatic heterocycles. The van der Waals surface area contributed by atoms with Crippen LogP contribution in [0.2, 0.25) is 0 Å². The summed E-state index contributed by atoms with van der Waals surface area (Å²) in [7, 11) is -3.62. The van der Waals surface area contributed by atoms with E-state index in [1.54, 1.807) is 0 Å². The number of alkyl halides is 3. The first kappa shape index (κ1) is 17.0. The van der Waals surface area contributed by atoms with Crippen LogP contribution in [0.1, 0.15) is 39.0 Å². The molecule has 0 aliphatic carbocycles. The monoisotopic (exact) mass is 329 g/mol. The van der Waals surface area contributed by atoms with Gasteiger partial charge in [0.2, 0.25) is 0 Å². The van der Waals surface area contributed by atoms with Gasteiger partial charge in [0, 0.05) is 25.2 Å². The SMILES string of the molecule is CC1CCCCN1S(=O)(=O)NC1CCC(C(F)(F)F)NC1. The van der Waals surface area contributed by atoms with Crippen molar-refractivity contribution in [2.24, 2.45) is 0 Å². The third-order valence-electron chi connectivity index (χ3n) is 4.18. The average molecular weight is 329 g/mol. The van der Waals surface area contributed by atoms with Crippen LogP contribution in [0.5, 0.6) is 0 Å². The van der Waals surface area contributed by atoms with Crippen LogP contribution < -0.4 is 10.0 Å². The van der Waals surface area contributed by atoms with Gasteiger partial charge in [-0.1, -0.05) is 6.42 Å². The van der Waals surface area contributed by atoms with Crippen LogP contribution in [-0.4, -0.2) is 50.1 Å². The van der Waals surface area contributed by atoms with Crippen molar-refractivity contribution < 1.29 is 21.6 Å². The van der Waals surface area contributed by atoms with E-state index in [1.165, 1.54) is 4.31 Å². The van der Waals surface area contributed by atoms with E-state index in [2.05, 4.69) is 10.0 Å². The minimum atomic E-state index is -4.27. The molecule has 0 aromatic carbocycles. The minimum Gasteiger partial charge on any atom is -0.305 e. The largest absolute Gasteiger partial charge is 0.403 e. The molecule has 0 amide bonds. The Balaban J connectivity index is 1.90. The van der Waals surface area contributed by atoms with Crippen LogP contribution in [0.4, 0.5) is 13.2 Å². The van der Waals surface area contributed by atoms with Gasteiger partial charge in [-0.25, -0.2) is 0 Å². The van der Waals surface area contributed by atoms with Gasteiger partial charge in [-0.2, -0.15) is 30.6 Å². The molecule has 3 unspecified atom stereocenters. The molecule has 9 heteroatoms. The summed E-state index contributed by atoms with van der Waals surface area (Å²) in [6, 6.07) is -2.08. The maximum atomic E-state index is 12.5. The van der Waals surface area contributed by atoms with Crippen LogP contribution >= 0.6 is 0 Å². The van der Waals surface area contributed by atoms with Crippen LogP contribution in [-0.2, 0) is 10.2 Å². The summed E-state index contributed by atoms with van der Waals surface area (Å²) < 4.78 is 66.2. The molecule has 2 saturated heterocycles. The van der Waals surface area contributed by atoms with Crippen molar-refractivity contribution in [1.29, 1.82) is 0 Å². The third kappa shape index (κ3) is 4.30. The molecule has 21 heavy (non-hydrogen) atoms. The summed E-state index contributed by atoms with van der Waals surface area (Å²) in [5, 5.41) is 2.38. The number of hydrogen-bond acceptors (Lipinski definition) is 3. The van der Waals surface area contributed by atoms with Gasteiger partial charge < -0.3 is 5.32 Å². The Morgan fingerprint density at radius 3 is 2.43 bits per heavy atom. The predicted molar refractivity (Wildman–Crippen MR) is 72.9 cm³/mol. The highest BCUT2D eigenvalue weighted by Gasteiger charge is 2.42. The van der Waals surface area contributed by atoms with Gasteiger partial charge in [0.05, 0.1) is 0 Å². The van der Waals surface area contributed by atoms with E-state index in [0.29, 0.717) is 6.54 Å². The standard InChI is InChI=1S/C12H22F3N3O2S/c1-9-4-2-3-7-18(9)21(19,20)17-10-5-6-11(16-8-10)12(13,14)15/h9-11,16-17H,2-8H2,1H3. The fourth-order valence-electron chi connectivity index (χ4n) is 2.94. The van der Waals surface area contributed by atoms with Crippen LogP contribution in [0.25, 0.3) is 0 Å². The molecule has 2 heterocycles. The van der Waals surface area contributed by atoms with Crippen molar-refractivity contribution in [3.63, 3.8) is 0 Å². The lowest BCUT2D eigenvalue weighted by atomic mass is 10.0. The van der Waals surface area contributed by atoms with Crippen molar-refractivity contribution in [3.8, 4) is 0 Å². The quantitative estimate of drug-likeness (QED) is 0.822. The fourth-order valence-corrected chi connectivity index (χ4v) is 4.65. The van der Waals surface area contributed by atoms with Gasteiger partial charge in [0.15, 0.2) is 0 Å². The summed E-state index contributed by atoms with van der Waals surface area (Å²) in [5.74, 6) is 0. The second-order valence-electron chi connectivity index (χ2n) is 5.86. The first-order chi connectivity index (χ1) is 9.70. The maximum Gasteiger partial charge on any atom is 0.403 e. The lowest BCUT2D eigenvalue weighted by molar-refractivity contribution is -0.160. The summed E-state index contributed by atoms with van der Waals surface area (Å²) in [5.41, 5.74) is 0. The summed E-state index contributed by atoms with van der Waals surface area (Å²) in [6.45, 7) is 2.34. The van der Waals surface area contributed by atoms with Gasteiger partial charge in [0.1, 0.15) is 6.04 Å². The highest BCUT2D eigenvalue weighted by Crippen LogP contribution is 2.26. The Hall–Kier alpha value is -0.380. The molecule has 0 aromatic rings. The molecule has 2 aliphatic rings. The number of nitrogens with one attached hydrogen (secondary N) is 2. The Labute approximate surface area is 123 Å². The van der Waals surface area contributed by atoms with E-state index in [9.17, 15) is 21.6 Å². The first-order valence-corrected chi connectivity index (χ1v) is 8.73. The van der Waals surface area contributed by atoms with Gasteiger partial charge in [-0.3, -0.25) is 0 Å². The van der Waals surface area contributed by atoms with Crippen LogP contribution in [0.15, 0.2) is 0 Å². The van der Waals surface area contributed by atoms with E-state index in [-0.39, 0.29) is 25.4 Å². The van der Waals surface area contributed by atoms with Crippen LogP contribution in [0.3, 0.4) is 0 Å². The lowest BCUT2D eigenvalue weighted by Crippen LogP contribution is -2.57. The predicted octanol–water partition coefficient (Wildman–Crippen LogP) is 1.38.